The maximum absolute atomic E-state index is 13.7. The van der Waals surface area contributed by atoms with E-state index in [4.69, 9.17) is 16.3 Å². The molecule has 5 heteroatoms. The highest BCUT2D eigenvalue weighted by molar-refractivity contribution is 9.10. The molecule has 0 aliphatic heterocycles. The minimum Gasteiger partial charge on any atom is -0.496 e. The van der Waals surface area contributed by atoms with Crippen LogP contribution in [0.3, 0.4) is 0 Å². The van der Waals surface area contributed by atoms with Crippen molar-refractivity contribution >= 4 is 27.5 Å². The van der Waals surface area contributed by atoms with Crippen molar-refractivity contribution in [3.63, 3.8) is 0 Å². The smallest absolute Gasteiger partial charge is 0.129 e. The van der Waals surface area contributed by atoms with Crippen molar-refractivity contribution < 1.29 is 14.2 Å². The maximum atomic E-state index is 13.7. The van der Waals surface area contributed by atoms with Crippen LogP contribution in [0.25, 0.3) is 0 Å². The van der Waals surface area contributed by atoms with Gasteiger partial charge < -0.3 is 9.84 Å². The first-order valence-corrected chi connectivity index (χ1v) is 7.14. The Kier molecular flexibility index (Phi) is 5.02. The van der Waals surface area contributed by atoms with Gasteiger partial charge in [0, 0.05) is 21.5 Å². The van der Waals surface area contributed by atoms with Gasteiger partial charge >= 0.3 is 0 Å². The van der Waals surface area contributed by atoms with Crippen LogP contribution in [-0.4, -0.2) is 12.2 Å². The molecule has 0 saturated heterocycles. The van der Waals surface area contributed by atoms with Crippen LogP contribution >= 0.6 is 27.5 Å². The van der Waals surface area contributed by atoms with E-state index in [1.54, 1.807) is 37.4 Å². The molecule has 20 heavy (non-hydrogen) atoms. The molecule has 0 heterocycles. The minimum atomic E-state index is -0.972. The number of benzene rings is 2. The Balaban J connectivity index is 2.29. The van der Waals surface area contributed by atoms with Gasteiger partial charge in [-0.05, 0) is 42.0 Å². The summed E-state index contributed by atoms with van der Waals surface area (Å²) in [6.45, 7) is 0. The van der Waals surface area contributed by atoms with Crippen LogP contribution in [-0.2, 0) is 6.42 Å². The Morgan fingerprint density at radius 2 is 2.05 bits per heavy atom. The first kappa shape index (κ1) is 15.3. The maximum Gasteiger partial charge on any atom is 0.129 e. The third-order valence-corrected chi connectivity index (χ3v) is 3.70. The Labute approximate surface area is 130 Å². The normalized spacial score (nSPS) is 12.2. The van der Waals surface area contributed by atoms with Gasteiger partial charge in [-0.2, -0.15) is 0 Å². The lowest BCUT2D eigenvalue weighted by Crippen LogP contribution is -2.05. The third kappa shape index (κ3) is 3.51. The van der Waals surface area contributed by atoms with Crippen LogP contribution in [0, 0.1) is 5.82 Å². The quantitative estimate of drug-likeness (QED) is 0.869. The van der Waals surface area contributed by atoms with Crippen LogP contribution < -0.4 is 4.74 Å². The van der Waals surface area contributed by atoms with Gasteiger partial charge in [-0.1, -0.05) is 27.5 Å². The Hall–Kier alpha value is -1.10. The van der Waals surface area contributed by atoms with Crippen LogP contribution in [0.5, 0.6) is 5.75 Å². The van der Waals surface area contributed by atoms with Crippen molar-refractivity contribution in [3.05, 3.63) is 62.8 Å². The standard InChI is InChI=1S/C15H13BrClFO2/c1-20-15-5-3-11(17)6-9(15)7-14(19)12-8-10(16)2-4-13(12)18/h2-6,8,14,19H,7H2,1H3. The molecular formula is C15H13BrClFO2. The topological polar surface area (TPSA) is 29.5 Å². The average Bonchev–Trinajstić information content (AvgIpc) is 2.41. The fraction of sp³-hybridized carbons (Fsp3) is 0.200. The van der Waals surface area contributed by atoms with E-state index in [9.17, 15) is 9.50 Å². The number of aliphatic hydroxyl groups is 1. The van der Waals surface area contributed by atoms with Crippen molar-refractivity contribution in [1.82, 2.24) is 0 Å². The van der Waals surface area contributed by atoms with Crippen molar-refractivity contribution in [2.75, 3.05) is 7.11 Å². The van der Waals surface area contributed by atoms with Crippen LogP contribution in [0.15, 0.2) is 40.9 Å². The molecule has 2 aromatic rings. The van der Waals surface area contributed by atoms with E-state index in [1.165, 1.54) is 6.07 Å². The summed E-state index contributed by atoms with van der Waals surface area (Å²) in [7, 11) is 1.54. The Bertz CT molecular complexity index is 619. The van der Waals surface area contributed by atoms with E-state index in [-0.39, 0.29) is 12.0 Å². The van der Waals surface area contributed by atoms with Gasteiger partial charge in [0.05, 0.1) is 13.2 Å². The fourth-order valence-electron chi connectivity index (χ4n) is 1.99. The predicted molar refractivity (Wildman–Crippen MR) is 80.8 cm³/mol. The molecule has 0 amide bonds. The van der Waals surface area contributed by atoms with E-state index in [0.29, 0.717) is 15.2 Å². The third-order valence-electron chi connectivity index (χ3n) is 2.97. The summed E-state index contributed by atoms with van der Waals surface area (Å²) in [4.78, 5) is 0. The Morgan fingerprint density at radius 1 is 1.30 bits per heavy atom. The van der Waals surface area contributed by atoms with Gasteiger partial charge in [-0.3, -0.25) is 0 Å². The van der Waals surface area contributed by atoms with Gasteiger partial charge in [0.15, 0.2) is 0 Å². The van der Waals surface area contributed by atoms with Crippen LogP contribution in [0.4, 0.5) is 4.39 Å². The zero-order valence-electron chi connectivity index (χ0n) is 10.7. The zero-order valence-corrected chi connectivity index (χ0v) is 13.1. The monoisotopic (exact) mass is 358 g/mol. The number of ether oxygens (including phenoxy) is 1. The van der Waals surface area contributed by atoms with Crippen molar-refractivity contribution in [3.8, 4) is 5.75 Å². The summed E-state index contributed by atoms with van der Waals surface area (Å²) in [5.41, 5.74) is 0.966. The first-order valence-electron chi connectivity index (χ1n) is 5.96. The first-order chi connectivity index (χ1) is 9.51. The molecule has 0 spiro atoms. The molecule has 1 unspecified atom stereocenters. The number of rotatable bonds is 4. The highest BCUT2D eigenvalue weighted by Gasteiger charge is 2.16. The van der Waals surface area contributed by atoms with Gasteiger partial charge in [0.25, 0.3) is 0 Å². The molecule has 0 radical (unpaired) electrons. The molecule has 0 aliphatic carbocycles. The highest BCUT2D eigenvalue weighted by atomic mass is 79.9. The van der Waals surface area contributed by atoms with E-state index in [1.807, 2.05) is 0 Å². The van der Waals surface area contributed by atoms with Crippen molar-refractivity contribution in [2.45, 2.75) is 12.5 Å². The molecule has 0 aliphatic rings. The Morgan fingerprint density at radius 3 is 2.75 bits per heavy atom. The van der Waals surface area contributed by atoms with Crippen molar-refractivity contribution in [1.29, 1.82) is 0 Å². The molecule has 2 rings (SSSR count). The molecule has 106 valence electrons. The van der Waals surface area contributed by atoms with E-state index in [0.717, 1.165) is 5.56 Å². The summed E-state index contributed by atoms with van der Waals surface area (Å²) < 4.78 is 19.7. The van der Waals surface area contributed by atoms with Crippen LogP contribution in [0.1, 0.15) is 17.2 Å². The number of aliphatic hydroxyl groups excluding tert-OH is 1. The lowest BCUT2D eigenvalue weighted by Gasteiger charge is -2.15. The number of hydrogen-bond donors (Lipinski definition) is 1. The number of methoxy groups -OCH3 is 1. The summed E-state index contributed by atoms with van der Waals surface area (Å²) in [6.07, 6.45) is -0.753. The van der Waals surface area contributed by atoms with Crippen molar-refractivity contribution in [2.24, 2.45) is 0 Å². The second kappa shape index (κ2) is 6.57. The lowest BCUT2D eigenvalue weighted by atomic mass is 10.0. The number of halogens is 3. The van der Waals surface area contributed by atoms with Gasteiger partial charge in [-0.15, -0.1) is 0 Å². The highest BCUT2D eigenvalue weighted by Crippen LogP contribution is 2.29. The average molecular weight is 360 g/mol. The van der Waals surface area contributed by atoms with E-state index < -0.39 is 11.9 Å². The predicted octanol–water partition coefficient (Wildman–Crippen LogP) is 4.53. The minimum absolute atomic E-state index is 0.219. The molecule has 0 aromatic heterocycles. The molecular weight excluding hydrogens is 347 g/mol. The SMILES string of the molecule is COc1ccc(Cl)cc1CC(O)c1cc(Br)ccc1F. The molecule has 2 nitrogen and oxygen atoms in total. The summed E-state index contributed by atoms with van der Waals surface area (Å²) in [5, 5.41) is 10.8. The molecule has 2 aromatic carbocycles. The summed E-state index contributed by atoms with van der Waals surface area (Å²) in [5.74, 6) is 0.172. The molecule has 0 fully saturated rings. The fourth-order valence-corrected chi connectivity index (χ4v) is 2.57. The van der Waals surface area contributed by atoms with E-state index >= 15 is 0 Å². The molecule has 1 N–H and O–H groups in total. The number of hydrogen-bond acceptors (Lipinski definition) is 2. The van der Waals surface area contributed by atoms with Gasteiger partial charge in [-0.25, -0.2) is 4.39 Å². The second-order valence-corrected chi connectivity index (χ2v) is 5.69. The summed E-state index contributed by atoms with van der Waals surface area (Å²) >= 11 is 9.21. The van der Waals surface area contributed by atoms with Crippen LogP contribution in [0.2, 0.25) is 5.02 Å². The molecule has 0 saturated carbocycles. The van der Waals surface area contributed by atoms with Gasteiger partial charge in [0.1, 0.15) is 11.6 Å². The largest absolute Gasteiger partial charge is 0.496 e. The zero-order chi connectivity index (χ0) is 14.7. The van der Waals surface area contributed by atoms with E-state index in [2.05, 4.69) is 15.9 Å². The molecule has 0 bridgehead atoms. The second-order valence-electron chi connectivity index (χ2n) is 4.34. The lowest BCUT2D eigenvalue weighted by molar-refractivity contribution is 0.172. The van der Waals surface area contributed by atoms with Gasteiger partial charge in [0.2, 0.25) is 0 Å². The molecule has 1 atom stereocenters. The summed E-state index contributed by atoms with van der Waals surface area (Å²) in [6, 6.07) is 9.61.